The molecule has 4 rings (SSSR count). The van der Waals surface area contributed by atoms with Crippen molar-refractivity contribution >= 4 is 28.4 Å². The molecule has 1 heterocycles. The van der Waals surface area contributed by atoms with Crippen molar-refractivity contribution in [2.24, 2.45) is 0 Å². The fourth-order valence-corrected chi connectivity index (χ4v) is 4.34. The minimum Gasteiger partial charge on any atom is -0.493 e. The molecular weight excluding hydrogens is 510 g/mol. The topological polar surface area (TPSA) is 101 Å². The van der Waals surface area contributed by atoms with E-state index in [2.05, 4.69) is 5.32 Å². The van der Waals surface area contributed by atoms with Crippen LogP contribution in [-0.4, -0.2) is 49.5 Å². The van der Waals surface area contributed by atoms with Crippen molar-refractivity contribution < 1.29 is 19.0 Å². The monoisotopic (exact) mass is 537 g/mol. The summed E-state index contributed by atoms with van der Waals surface area (Å²) in [5, 5.41) is 3.56. The highest BCUT2D eigenvalue weighted by Crippen LogP contribution is 2.31. The Morgan fingerprint density at radius 3 is 2.24 bits per heavy atom. The average Bonchev–Trinajstić information content (AvgIpc) is 2.94. The Bertz CT molecular complexity index is 1580. The van der Waals surface area contributed by atoms with E-state index in [1.165, 1.54) is 23.4 Å². The zero-order valence-electron chi connectivity index (χ0n) is 21.3. The minimum atomic E-state index is -0.504. The molecule has 0 unspecified atom stereocenters. The van der Waals surface area contributed by atoms with Crippen LogP contribution in [0.25, 0.3) is 10.9 Å². The van der Waals surface area contributed by atoms with Crippen LogP contribution >= 0.6 is 11.6 Å². The van der Waals surface area contributed by atoms with Gasteiger partial charge in [-0.3, -0.25) is 18.7 Å². The van der Waals surface area contributed by atoms with E-state index in [1.807, 2.05) is 18.2 Å². The third-order valence-corrected chi connectivity index (χ3v) is 6.53. The normalized spacial score (nSPS) is 10.9. The Hall–Kier alpha value is -4.08. The number of halogens is 1. The summed E-state index contributed by atoms with van der Waals surface area (Å²) in [6.45, 7) is 0.954. The summed E-state index contributed by atoms with van der Waals surface area (Å²) in [7, 11) is 4.53. The largest absolute Gasteiger partial charge is 0.493 e. The number of hydrogen-bond donors (Lipinski definition) is 1. The minimum absolute atomic E-state index is 0.00997. The molecule has 0 aliphatic rings. The molecule has 3 aromatic carbocycles. The number of carbonyl (C=O) groups is 1. The molecule has 1 N–H and O–H groups in total. The van der Waals surface area contributed by atoms with Crippen LogP contribution in [0.5, 0.6) is 11.5 Å². The van der Waals surface area contributed by atoms with Gasteiger partial charge in [-0.1, -0.05) is 41.9 Å². The lowest BCUT2D eigenvalue weighted by atomic mass is 10.1. The van der Waals surface area contributed by atoms with Crippen LogP contribution in [0.15, 0.2) is 70.3 Å². The molecule has 0 saturated heterocycles. The predicted octanol–water partition coefficient (Wildman–Crippen LogP) is 3.31. The molecule has 198 valence electrons. The lowest BCUT2D eigenvalue weighted by molar-refractivity contribution is 0.0937. The van der Waals surface area contributed by atoms with Crippen molar-refractivity contribution in [2.75, 3.05) is 34.5 Å². The van der Waals surface area contributed by atoms with Crippen LogP contribution < -0.4 is 26.0 Å². The molecule has 1 amide bonds. The maximum Gasteiger partial charge on any atom is 0.332 e. The van der Waals surface area contributed by atoms with Gasteiger partial charge in [0.1, 0.15) is 0 Å². The summed E-state index contributed by atoms with van der Waals surface area (Å²) in [5.41, 5.74) is 1.29. The number of nitrogens with one attached hydrogen (secondary N) is 1. The quantitative estimate of drug-likeness (QED) is 0.312. The highest BCUT2D eigenvalue weighted by molar-refractivity contribution is 6.31. The second-order valence-electron chi connectivity index (χ2n) is 8.52. The van der Waals surface area contributed by atoms with Crippen molar-refractivity contribution in [1.29, 1.82) is 0 Å². The molecule has 4 aromatic rings. The Kier molecular flexibility index (Phi) is 8.50. The van der Waals surface area contributed by atoms with Crippen molar-refractivity contribution in [1.82, 2.24) is 14.5 Å². The third kappa shape index (κ3) is 5.58. The summed E-state index contributed by atoms with van der Waals surface area (Å²) in [6, 6.07) is 17.1. The Morgan fingerprint density at radius 1 is 0.895 bits per heavy atom. The Labute approximate surface area is 224 Å². The zero-order chi connectivity index (χ0) is 27.2. The fourth-order valence-electron chi connectivity index (χ4n) is 4.15. The standard InChI is InChI=1S/C28H28ClN3O6/c1-36-13-12-30-26(33)19-10-8-18(9-11-19)16-32-27(34)21-14-24(37-2)25(38-3)15-23(21)31(28(32)35)17-20-6-4-5-7-22(20)29/h4-11,14-15H,12-13,16-17H2,1-3H3,(H,30,33). The van der Waals surface area contributed by atoms with Gasteiger partial charge in [-0.15, -0.1) is 0 Å². The summed E-state index contributed by atoms with van der Waals surface area (Å²) in [4.78, 5) is 39.6. The van der Waals surface area contributed by atoms with Gasteiger partial charge in [-0.25, -0.2) is 4.79 Å². The van der Waals surface area contributed by atoms with Crippen molar-refractivity contribution in [3.05, 3.63) is 103 Å². The van der Waals surface area contributed by atoms with Gasteiger partial charge in [0.25, 0.3) is 11.5 Å². The molecule has 0 aliphatic heterocycles. The summed E-state index contributed by atoms with van der Waals surface area (Å²) < 4.78 is 18.4. The van der Waals surface area contributed by atoms with Gasteiger partial charge in [0.05, 0.1) is 44.8 Å². The first-order chi connectivity index (χ1) is 18.4. The van der Waals surface area contributed by atoms with Crippen LogP contribution in [0.4, 0.5) is 0 Å². The fraction of sp³-hybridized carbons (Fsp3) is 0.250. The first-order valence-corrected chi connectivity index (χ1v) is 12.2. The molecule has 0 bridgehead atoms. The highest BCUT2D eigenvalue weighted by Gasteiger charge is 2.18. The lowest BCUT2D eigenvalue weighted by Crippen LogP contribution is -2.40. The molecule has 10 heteroatoms. The van der Waals surface area contributed by atoms with Crippen molar-refractivity contribution in [3.8, 4) is 11.5 Å². The van der Waals surface area contributed by atoms with Crippen LogP contribution in [0.3, 0.4) is 0 Å². The summed E-state index contributed by atoms with van der Waals surface area (Å²) in [5.74, 6) is 0.527. The van der Waals surface area contributed by atoms with E-state index in [4.69, 9.17) is 25.8 Å². The number of benzene rings is 3. The van der Waals surface area contributed by atoms with E-state index in [9.17, 15) is 14.4 Å². The van der Waals surface area contributed by atoms with E-state index >= 15 is 0 Å². The average molecular weight is 538 g/mol. The Morgan fingerprint density at radius 2 is 1.58 bits per heavy atom. The molecule has 0 radical (unpaired) electrons. The molecule has 0 aliphatic carbocycles. The number of hydrogen-bond acceptors (Lipinski definition) is 6. The van der Waals surface area contributed by atoms with Gasteiger partial charge in [0.2, 0.25) is 0 Å². The smallest absolute Gasteiger partial charge is 0.332 e. The van der Waals surface area contributed by atoms with Crippen molar-refractivity contribution in [2.45, 2.75) is 13.1 Å². The van der Waals surface area contributed by atoms with Crippen LogP contribution in [0.2, 0.25) is 5.02 Å². The Balaban J connectivity index is 1.79. The highest BCUT2D eigenvalue weighted by atomic mass is 35.5. The molecule has 38 heavy (non-hydrogen) atoms. The van der Waals surface area contributed by atoms with E-state index in [0.717, 1.165) is 5.56 Å². The maximum absolute atomic E-state index is 13.7. The SMILES string of the molecule is COCCNC(=O)c1ccc(Cn2c(=O)c3cc(OC)c(OC)cc3n(Cc3ccccc3Cl)c2=O)cc1. The van der Waals surface area contributed by atoms with Crippen LogP contribution in [-0.2, 0) is 17.8 Å². The number of carbonyl (C=O) groups excluding carboxylic acids is 1. The van der Waals surface area contributed by atoms with Gasteiger partial charge < -0.3 is 19.5 Å². The van der Waals surface area contributed by atoms with Crippen molar-refractivity contribution in [3.63, 3.8) is 0 Å². The number of rotatable bonds is 10. The predicted molar refractivity (Wildman–Crippen MR) is 146 cm³/mol. The van der Waals surface area contributed by atoms with Crippen LogP contribution in [0.1, 0.15) is 21.5 Å². The summed E-state index contributed by atoms with van der Waals surface area (Å²) in [6.07, 6.45) is 0. The maximum atomic E-state index is 13.7. The van der Waals surface area contributed by atoms with E-state index in [1.54, 1.807) is 49.6 Å². The van der Waals surface area contributed by atoms with E-state index < -0.39 is 11.2 Å². The third-order valence-electron chi connectivity index (χ3n) is 6.16. The number of fused-ring (bicyclic) bond motifs is 1. The van der Waals surface area contributed by atoms with Gasteiger partial charge in [-0.05, 0) is 35.4 Å². The molecule has 0 atom stereocenters. The lowest BCUT2D eigenvalue weighted by Gasteiger charge is -2.17. The van der Waals surface area contributed by atoms with E-state index in [-0.39, 0.29) is 19.0 Å². The molecular formula is C28H28ClN3O6. The second kappa shape index (κ2) is 12.0. The first-order valence-electron chi connectivity index (χ1n) is 11.9. The molecule has 0 saturated carbocycles. The molecule has 9 nitrogen and oxygen atoms in total. The number of aromatic nitrogens is 2. The summed E-state index contributed by atoms with van der Waals surface area (Å²) >= 11 is 6.40. The zero-order valence-corrected chi connectivity index (χ0v) is 22.1. The number of ether oxygens (including phenoxy) is 3. The van der Waals surface area contributed by atoms with Crippen LogP contribution in [0, 0.1) is 0 Å². The van der Waals surface area contributed by atoms with Gasteiger partial charge in [-0.2, -0.15) is 0 Å². The number of methoxy groups -OCH3 is 3. The van der Waals surface area contributed by atoms with E-state index in [0.29, 0.717) is 51.7 Å². The number of nitrogens with zero attached hydrogens (tertiary/aromatic N) is 2. The second-order valence-corrected chi connectivity index (χ2v) is 8.93. The first kappa shape index (κ1) is 27.0. The number of amides is 1. The van der Waals surface area contributed by atoms with Gasteiger partial charge >= 0.3 is 5.69 Å². The van der Waals surface area contributed by atoms with Gasteiger partial charge in [0, 0.05) is 30.3 Å². The molecule has 0 spiro atoms. The molecule has 0 fully saturated rings. The van der Waals surface area contributed by atoms with Gasteiger partial charge in [0.15, 0.2) is 11.5 Å². The molecule has 1 aromatic heterocycles.